The van der Waals surface area contributed by atoms with Crippen molar-refractivity contribution in [1.82, 2.24) is 4.98 Å². The van der Waals surface area contributed by atoms with E-state index in [1.165, 1.54) is 12.7 Å². The molecule has 72 valence electrons. The lowest BCUT2D eigenvalue weighted by molar-refractivity contribution is 0.300. The van der Waals surface area contributed by atoms with Crippen LogP contribution >= 0.6 is 0 Å². The molecule has 2 aromatic rings. The highest BCUT2D eigenvalue weighted by Gasteiger charge is 1.97. The lowest BCUT2D eigenvalue weighted by Gasteiger charge is -2.02. The van der Waals surface area contributed by atoms with E-state index in [0.717, 1.165) is 5.69 Å². The number of hydrogen-bond acceptors (Lipinski definition) is 4. The molecule has 0 unspecified atom stereocenters. The van der Waals surface area contributed by atoms with Gasteiger partial charge in [-0.3, -0.25) is 0 Å². The van der Waals surface area contributed by atoms with Crippen LogP contribution in [0.5, 0.6) is 11.5 Å². The van der Waals surface area contributed by atoms with Crippen LogP contribution in [0.25, 0.3) is 0 Å². The number of hydrogen-bond donors (Lipinski definition) is 1. The Bertz CT molecular complexity index is 380. The molecule has 14 heavy (non-hydrogen) atoms. The van der Waals surface area contributed by atoms with Gasteiger partial charge in [0.25, 0.3) is 0 Å². The summed E-state index contributed by atoms with van der Waals surface area (Å²) in [6, 6.07) is 6.51. The molecule has 1 heterocycles. The molecular weight excluding hydrogens is 182 g/mol. The van der Waals surface area contributed by atoms with Gasteiger partial charge in [-0.25, -0.2) is 4.98 Å². The second kappa shape index (κ2) is 3.83. The summed E-state index contributed by atoms with van der Waals surface area (Å²) < 4.78 is 10.2. The summed E-state index contributed by atoms with van der Waals surface area (Å²) in [7, 11) is 0. The summed E-state index contributed by atoms with van der Waals surface area (Å²) in [4.78, 5) is 3.91. The molecule has 1 aromatic heterocycles. The predicted octanol–water partition coefficient (Wildman–Crippen LogP) is 1.96. The van der Waals surface area contributed by atoms with Gasteiger partial charge in [0.2, 0.25) is 0 Å². The first-order valence-corrected chi connectivity index (χ1v) is 4.13. The molecule has 4 heteroatoms. The van der Waals surface area contributed by atoms with Gasteiger partial charge in [-0.05, 0) is 24.3 Å². The Hall–Kier alpha value is -1.97. The van der Waals surface area contributed by atoms with Crippen molar-refractivity contribution in [3.63, 3.8) is 0 Å². The van der Waals surface area contributed by atoms with Gasteiger partial charge < -0.3 is 14.3 Å². The number of ether oxygens (including phenoxy) is 1. The van der Waals surface area contributed by atoms with Gasteiger partial charge in [0, 0.05) is 0 Å². The van der Waals surface area contributed by atoms with Gasteiger partial charge in [0.05, 0.1) is 0 Å². The van der Waals surface area contributed by atoms with Crippen molar-refractivity contribution in [2.24, 2.45) is 0 Å². The molecule has 0 spiro atoms. The van der Waals surface area contributed by atoms with Crippen LogP contribution < -0.4 is 4.74 Å². The van der Waals surface area contributed by atoms with E-state index in [-0.39, 0.29) is 5.75 Å². The quantitative estimate of drug-likeness (QED) is 0.805. The molecule has 0 fully saturated rings. The second-order valence-corrected chi connectivity index (χ2v) is 2.76. The Morgan fingerprint density at radius 2 is 2.07 bits per heavy atom. The van der Waals surface area contributed by atoms with Crippen LogP contribution in [-0.2, 0) is 6.61 Å². The molecule has 0 bridgehead atoms. The molecular formula is C10H9NO3. The third kappa shape index (κ3) is 2.04. The molecule has 0 aliphatic carbocycles. The summed E-state index contributed by atoms with van der Waals surface area (Å²) in [5.74, 6) is 0.907. The van der Waals surface area contributed by atoms with Crippen LogP contribution in [0.3, 0.4) is 0 Å². The number of aromatic nitrogens is 1. The average Bonchev–Trinajstić information content (AvgIpc) is 2.70. The van der Waals surface area contributed by atoms with E-state index in [0.29, 0.717) is 12.4 Å². The maximum atomic E-state index is 9.03. The zero-order valence-electron chi connectivity index (χ0n) is 7.38. The lowest BCUT2D eigenvalue weighted by atomic mass is 10.3. The molecule has 0 radical (unpaired) electrons. The molecule has 0 atom stereocenters. The lowest BCUT2D eigenvalue weighted by Crippen LogP contribution is -1.94. The number of benzene rings is 1. The van der Waals surface area contributed by atoms with Crippen molar-refractivity contribution in [1.29, 1.82) is 0 Å². The van der Waals surface area contributed by atoms with Gasteiger partial charge in [-0.2, -0.15) is 0 Å². The standard InChI is InChI=1S/C10H9NO3/c12-9-1-3-10(4-2-9)14-6-8-5-13-7-11-8/h1-5,7,12H,6H2. The second-order valence-electron chi connectivity index (χ2n) is 2.76. The first-order valence-electron chi connectivity index (χ1n) is 4.13. The minimum absolute atomic E-state index is 0.221. The van der Waals surface area contributed by atoms with E-state index in [9.17, 15) is 0 Å². The van der Waals surface area contributed by atoms with E-state index >= 15 is 0 Å². The highest BCUT2D eigenvalue weighted by Crippen LogP contribution is 2.16. The Balaban J connectivity index is 1.95. The maximum absolute atomic E-state index is 9.03. The maximum Gasteiger partial charge on any atom is 0.180 e. The Morgan fingerprint density at radius 1 is 1.29 bits per heavy atom. The van der Waals surface area contributed by atoms with Gasteiger partial charge in [-0.15, -0.1) is 0 Å². The Labute approximate surface area is 80.8 Å². The third-order valence-corrected chi connectivity index (χ3v) is 1.71. The SMILES string of the molecule is Oc1ccc(OCc2cocn2)cc1. The van der Waals surface area contributed by atoms with Crippen molar-refractivity contribution in [3.8, 4) is 11.5 Å². The fourth-order valence-electron chi connectivity index (χ4n) is 1.01. The van der Waals surface area contributed by atoms with Crippen LogP contribution in [0.4, 0.5) is 0 Å². The number of aromatic hydroxyl groups is 1. The number of phenolic OH excluding ortho intramolecular Hbond substituents is 1. The number of oxazole rings is 1. The van der Waals surface area contributed by atoms with Crippen molar-refractivity contribution < 1.29 is 14.3 Å². The third-order valence-electron chi connectivity index (χ3n) is 1.71. The van der Waals surface area contributed by atoms with E-state index in [1.807, 2.05) is 0 Å². The molecule has 0 saturated heterocycles. The van der Waals surface area contributed by atoms with Gasteiger partial charge in [0.15, 0.2) is 6.39 Å². The summed E-state index contributed by atoms with van der Waals surface area (Å²) in [6.07, 6.45) is 2.88. The highest BCUT2D eigenvalue weighted by molar-refractivity contribution is 5.30. The summed E-state index contributed by atoms with van der Waals surface area (Å²) >= 11 is 0. The van der Waals surface area contributed by atoms with E-state index in [4.69, 9.17) is 14.3 Å². The van der Waals surface area contributed by atoms with Crippen molar-refractivity contribution in [3.05, 3.63) is 42.6 Å². The van der Waals surface area contributed by atoms with Gasteiger partial charge in [-0.1, -0.05) is 0 Å². The Morgan fingerprint density at radius 3 is 2.71 bits per heavy atom. The van der Waals surface area contributed by atoms with E-state index in [1.54, 1.807) is 24.3 Å². The van der Waals surface area contributed by atoms with Crippen molar-refractivity contribution >= 4 is 0 Å². The monoisotopic (exact) mass is 191 g/mol. The zero-order valence-corrected chi connectivity index (χ0v) is 7.38. The molecule has 1 aromatic carbocycles. The predicted molar refractivity (Wildman–Crippen MR) is 48.9 cm³/mol. The Kier molecular flexibility index (Phi) is 2.36. The minimum Gasteiger partial charge on any atom is -0.508 e. The van der Waals surface area contributed by atoms with Crippen molar-refractivity contribution in [2.45, 2.75) is 6.61 Å². The summed E-state index contributed by atoms with van der Waals surface area (Å²) in [6.45, 7) is 0.362. The van der Waals surface area contributed by atoms with Gasteiger partial charge in [0.1, 0.15) is 30.1 Å². The molecule has 0 amide bonds. The van der Waals surface area contributed by atoms with Crippen LogP contribution in [0, 0.1) is 0 Å². The normalized spacial score (nSPS) is 10.0. The van der Waals surface area contributed by atoms with Crippen LogP contribution in [0.15, 0.2) is 41.3 Å². The van der Waals surface area contributed by atoms with Crippen LogP contribution in [0.1, 0.15) is 5.69 Å². The van der Waals surface area contributed by atoms with Crippen LogP contribution in [0.2, 0.25) is 0 Å². The fraction of sp³-hybridized carbons (Fsp3) is 0.100. The van der Waals surface area contributed by atoms with Crippen molar-refractivity contribution in [2.75, 3.05) is 0 Å². The molecule has 0 aliphatic rings. The molecule has 1 N–H and O–H groups in total. The summed E-state index contributed by atoms with van der Waals surface area (Å²) in [5, 5.41) is 9.03. The molecule has 0 aliphatic heterocycles. The van der Waals surface area contributed by atoms with Crippen LogP contribution in [-0.4, -0.2) is 10.1 Å². The average molecular weight is 191 g/mol. The number of rotatable bonds is 3. The largest absolute Gasteiger partial charge is 0.508 e. The first kappa shape index (κ1) is 8.62. The highest BCUT2D eigenvalue weighted by atomic mass is 16.5. The zero-order chi connectivity index (χ0) is 9.80. The molecule has 0 saturated carbocycles. The fourth-order valence-corrected chi connectivity index (χ4v) is 1.01. The van der Waals surface area contributed by atoms with Gasteiger partial charge >= 0.3 is 0 Å². The van der Waals surface area contributed by atoms with E-state index in [2.05, 4.69) is 4.98 Å². The smallest absolute Gasteiger partial charge is 0.180 e. The van der Waals surface area contributed by atoms with E-state index < -0.39 is 0 Å². The topological polar surface area (TPSA) is 55.5 Å². The number of phenols is 1. The first-order chi connectivity index (χ1) is 6.84. The summed E-state index contributed by atoms with van der Waals surface area (Å²) in [5.41, 5.74) is 0.734. The minimum atomic E-state index is 0.221. The number of nitrogens with zero attached hydrogens (tertiary/aromatic N) is 1. The molecule has 4 nitrogen and oxygen atoms in total. The molecule has 2 rings (SSSR count).